The summed E-state index contributed by atoms with van der Waals surface area (Å²) in [6, 6.07) is 16.3. The lowest BCUT2D eigenvalue weighted by Crippen LogP contribution is -2.35. The summed E-state index contributed by atoms with van der Waals surface area (Å²) < 4.78 is 40.8. The Balaban J connectivity index is 1.70. The number of rotatable bonds is 12. The van der Waals surface area contributed by atoms with E-state index in [1.54, 1.807) is 54.5 Å². The molecule has 9 nitrogen and oxygen atoms in total. The lowest BCUT2D eigenvalue weighted by molar-refractivity contribution is 0.201. The highest BCUT2D eigenvalue weighted by Crippen LogP contribution is 2.38. The van der Waals surface area contributed by atoms with Gasteiger partial charge in [0.05, 0.1) is 10.5 Å². The van der Waals surface area contributed by atoms with E-state index in [0.717, 1.165) is 16.0 Å². The third-order valence-electron chi connectivity index (χ3n) is 5.62. The fourth-order valence-corrected chi connectivity index (χ4v) is 5.67. The molecule has 0 bridgehead atoms. The second-order valence-electron chi connectivity index (χ2n) is 9.09. The average molecular weight is 566 g/mol. The monoisotopic (exact) mass is 565 g/mol. The van der Waals surface area contributed by atoms with Crippen LogP contribution >= 0.6 is 11.8 Å². The van der Waals surface area contributed by atoms with Crippen LogP contribution in [0.15, 0.2) is 83.1 Å². The van der Waals surface area contributed by atoms with Crippen LogP contribution < -0.4 is 13.8 Å². The van der Waals surface area contributed by atoms with Crippen molar-refractivity contribution in [3.63, 3.8) is 0 Å². The minimum atomic E-state index is -3.93. The van der Waals surface area contributed by atoms with Crippen LogP contribution in [0.1, 0.15) is 19.4 Å². The number of hydrogen-bond acceptors (Lipinski definition) is 9. The minimum Gasteiger partial charge on any atom is -0.473 e. The molecule has 2 aromatic carbocycles. The molecule has 0 aliphatic rings. The summed E-state index contributed by atoms with van der Waals surface area (Å²) in [5.74, 6) is 0.529. The summed E-state index contributed by atoms with van der Waals surface area (Å²) in [4.78, 5) is 18.3. The number of nitrogens with zero attached hydrogens (tertiary/aromatic N) is 5. The molecule has 39 heavy (non-hydrogen) atoms. The Morgan fingerprint density at radius 1 is 0.897 bits per heavy atom. The van der Waals surface area contributed by atoms with Gasteiger partial charge in [-0.2, -0.15) is 0 Å². The van der Waals surface area contributed by atoms with Crippen LogP contribution in [0.2, 0.25) is 0 Å². The summed E-state index contributed by atoms with van der Waals surface area (Å²) in [6.07, 6.45) is 6.65. The number of aromatic nitrogens is 4. The van der Waals surface area contributed by atoms with Gasteiger partial charge in [0.15, 0.2) is 5.82 Å². The quantitative estimate of drug-likeness (QED) is 0.168. The van der Waals surface area contributed by atoms with Crippen LogP contribution in [0.5, 0.6) is 11.9 Å². The molecule has 0 unspecified atom stereocenters. The van der Waals surface area contributed by atoms with Crippen molar-refractivity contribution in [1.29, 1.82) is 0 Å². The molecule has 0 aliphatic carbocycles. The van der Waals surface area contributed by atoms with Gasteiger partial charge < -0.3 is 9.47 Å². The fraction of sp³-hybridized carbons (Fsp3) is 0.286. The van der Waals surface area contributed by atoms with Crippen LogP contribution in [-0.4, -0.2) is 54.4 Å². The van der Waals surface area contributed by atoms with Gasteiger partial charge >= 0.3 is 6.01 Å². The first-order valence-electron chi connectivity index (χ1n) is 12.4. The second kappa shape index (κ2) is 12.9. The van der Waals surface area contributed by atoms with Crippen LogP contribution in [0, 0.1) is 12.8 Å². The van der Waals surface area contributed by atoms with Gasteiger partial charge in [0.2, 0.25) is 5.88 Å². The van der Waals surface area contributed by atoms with Crippen LogP contribution in [0.3, 0.4) is 0 Å². The number of anilines is 1. The molecule has 204 valence electrons. The fourth-order valence-electron chi connectivity index (χ4n) is 3.74. The van der Waals surface area contributed by atoms with E-state index in [2.05, 4.69) is 19.9 Å². The van der Waals surface area contributed by atoms with E-state index in [1.165, 1.54) is 10.6 Å². The van der Waals surface area contributed by atoms with Crippen molar-refractivity contribution < 1.29 is 17.9 Å². The van der Waals surface area contributed by atoms with E-state index in [-0.39, 0.29) is 48.3 Å². The van der Waals surface area contributed by atoms with Crippen molar-refractivity contribution in [3.05, 3.63) is 78.9 Å². The van der Waals surface area contributed by atoms with Gasteiger partial charge in [-0.25, -0.2) is 32.7 Å². The largest absolute Gasteiger partial charge is 0.473 e. The zero-order valence-corrected chi connectivity index (χ0v) is 23.9. The molecule has 11 heteroatoms. The summed E-state index contributed by atoms with van der Waals surface area (Å²) >= 11 is 1.54. The number of hydrogen-bond donors (Lipinski definition) is 0. The van der Waals surface area contributed by atoms with E-state index >= 15 is 0 Å². The molecule has 4 aromatic rings. The maximum Gasteiger partial charge on any atom is 0.316 e. The predicted octanol–water partition coefficient (Wildman–Crippen LogP) is 5.27. The zero-order chi connectivity index (χ0) is 27.8. The van der Waals surface area contributed by atoms with Gasteiger partial charge in [-0.1, -0.05) is 61.9 Å². The Morgan fingerprint density at radius 2 is 1.56 bits per heavy atom. The van der Waals surface area contributed by atoms with Gasteiger partial charge in [-0.15, -0.1) is 11.8 Å². The van der Waals surface area contributed by atoms with Crippen molar-refractivity contribution in [2.75, 3.05) is 30.3 Å². The van der Waals surface area contributed by atoms with Crippen molar-refractivity contribution in [1.82, 2.24) is 19.9 Å². The second-order valence-corrected chi connectivity index (χ2v) is 11.8. The molecule has 2 heterocycles. The summed E-state index contributed by atoms with van der Waals surface area (Å²) in [5.41, 5.74) is 2.29. The van der Waals surface area contributed by atoms with Crippen molar-refractivity contribution >= 4 is 27.6 Å². The Hall–Kier alpha value is -3.70. The predicted molar refractivity (Wildman–Crippen MR) is 153 cm³/mol. The highest BCUT2D eigenvalue weighted by molar-refractivity contribution is 7.98. The first kappa shape index (κ1) is 28.3. The minimum absolute atomic E-state index is 0.0274. The van der Waals surface area contributed by atoms with Gasteiger partial charge in [-0.05, 0) is 36.8 Å². The Labute approximate surface area is 233 Å². The Kier molecular flexibility index (Phi) is 9.36. The van der Waals surface area contributed by atoms with Gasteiger partial charge in [0.25, 0.3) is 10.0 Å². The van der Waals surface area contributed by atoms with Crippen molar-refractivity contribution in [2.24, 2.45) is 5.92 Å². The zero-order valence-electron chi connectivity index (χ0n) is 22.3. The molecule has 0 atom stereocenters. The lowest BCUT2D eigenvalue weighted by atomic mass is 10.1. The van der Waals surface area contributed by atoms with E-state index in [9.17, 15) is 8.42 Å². The molecule has 2 aromatic heterocycles. The molecular formula is C28H31N5O4S2. The molecule has 0 radical (unpaired) electrons. The normalized spacial score (nSPS) is 11.4. The average Bonchev–Trinajstić information content (AvgIpc) is 2.95. The standard InChI is InChI=1S/C28H31N5O4S2/c1-20(2)18-33(39(34,35)24-8-6-5-7-9-24)26-25(22-12-10-21(3)11-13-22)27(32-19-31-26)36-14-15-37-28-29-16-23(38-4)17-30-28/h5-13,16-17,19-20H,14-15,18H2,1-4H3. The first-order valence-corrected chi connectivity index (χ1v) is 15.1. The van der Waals surface area contributed by atoms with Gasteiger partial charge in [0, 0.05) is 23.8 Å². The van der Waals surface area contributed by atoms with Gasteiger partial charge in [-0.3, -0.25) is 0 Å². The van der Waals surface area contributed by atoms with E-state index in [1.807, 2.05) is 51.3 Å². The Bertz CT molecular complexity index is 1470. The highest BCUT2D eigenvalue weighted by atomic mass is 32.2. The molecule has 0 amide bonds. The van der Waals surface area contributed by atoms with Crippen LogP contribution in [0.25, 0.3) is 11.1 Å². The van der Waals surface area contributed by atoms with Crippen molar-refractivity contribution in [3.8, 4) is 23.0 Å². The topological polar surface area (TPSA) is 107 Å². The maximum atomic E-state index is 13.9. The number of benzene rings is 2. The van der Waals surface area contributed by atoms with Crippen LogP contribution in [-0.2, 0) is 10.0 Å². The molecule has 0 fully saturated rings. The summed E-state index contributed by atoms with van der Waals surface area (Å²) in [5, 5.41) is 0. The maximum absolute atomic E-state index is 13.9. The molecule has 0 spiro atoms. The van der Waals surface area contributed by atoms with Crippen molar-refractivity contribution in [2.45, 2.75) is 30.6 Å². The van der Waals surface area contributed by atoms with Crippen LogP contribution in [0.4, 0.5) is 5.82 Å². The highest BCUT2D eigenvalue weighted by Gasteiger charge is 2.31. The van der Waals surface area contributed by atoms with E-state index in [4.69, 9.17) is 9.47 Å². The number of ether oxygens (including phenoxy) is 2. The van der Waals surface area contributed by atoms with E-state index in [0.29, 0.717) is 5.56 Å². The Morgan fingerprint density at radius 3 is 2.21 bits per heavy atom. The number of aryl methyl sites for hydroxylation is 1. The molecule has 0 aliphatic heterocycles. The molecule has 0 saturated carbocycles. The number of sulfonamides is 1. The third kappa shape index (κ3) is 7.04. The molecule has 0 saturated heterocycles. The molecule has 0 N–H and O–H groups in total. The third-order valence-corrected chi connectivity index (χ3v) is 8.08. The SMILES string of the molecule is CSc1cnc(OCCOc2ncnc(N(CC(C)C)S(=O)(=O)c3ccccc3)c2-c2ccc(C)cc2)nc1. The summed E-state index contributed by atoms with van der Waals surface area (Å²) in [6.45, 7) is 6.44. The smallest absolute Gasteiger partial charge is 0.316 e. The van der Waals surface area contributed by atoms with Gasteiger partial charge in [0.1, 0.15) is 19.5 Å². The number of thioether (sulfide) groups is 1. The first-order chi connectivity index (χ1) is 18.8. The lowest BCUT2D eigenvalue weighted by Gasteiger charge is -2.27. The molecular weight excluding hydrogens is 534 g/mol. The molecule has 4 rings (SSSR count). The van der Waals surface area contributed by atoms with E-state index < -0.39 is 10.0 Å². The summed E-state index contributed by atoms with van der Waals surface area (Å²) in [7, 11) is -3.93.